The Morgan fingerprint density at radius 1 is 1.48 bits per heavy atom. The van der Waals surface area contributed by atoms with E-state index in [1.54, 1.807) is 0 Å². The molecule has 1 aliphatic rings. The van der Waals surface area contributed by atoms with Crippen LogP contribution in [0, 0.1) is 5.92 Å². The van der Waals surface area contributed by atoms with Gasteiger partial charge in [-0.3, -0.25) is 9.78 Å². The molecule has 1 fully saturated rings. The molecule has 21 heavy (non-hydrogen) atoms. The number of aromatic carboxylic acids is 1. The third kappa shape index (κ3) is 4.53. The molecule has 1 aromatic heterocycles. The van der Waals surface area contributed by atoms with Gasteiger partial charge in [0.15, 0.2) is 0 Å². The van der Waals surface area contributed by atoms with Crippen molar-refractivity contribution >= 4 is 11.9 Å². The van der Waals surface area contributed by atoms with Crippen LogP contribution in [-0.4, -0.2) is 34.7 Å². The zero-order valence-electron chi connectivity index (χ0n) is 12.0. The third-order valence-electron chi connectivity index (χ3n) is 3.60. The third-order valence-corrected chi connectivity index (χ3v) is 3.60. The van der Waals surface area contributed by atoms with Crippen LogP contribution in [0.1, 0.15) is 42.2 Å². The maximum absolute atomic E-state index is 11.8. The van der Waals surface area contributed by atoms with E-state index in [2.05, 4.69) is 10.3 Å². The lowest BCUT2D eigenvalue weighted by molar-refractivity contribution is -0.124. The Bertz CT molecular complexity index is 512. The van der Waals surface area contributed by atoms with Gasteiger partial charge in [0, 0.05) is 19.2 Å². The molecular formula is C15H20N2O4. The normalized spacial score (nSPS) is 20.6. The van der Waals surface area contributed by atoms with Crippen molar-refractivity contribution in [3.8, 4) is 0 Å². The maximum Gasteiger partial charge on any atom is 0.335 e. The van der Waals surface area contributed by atoms with Gasteiger partial charge >= 0.3 is 5.97 Å². The van der Waals surface area contributed by atoms with Gasteiger partial charge in [-0.25, -0.2) is 4.79 Å². The Hall–Kier alpha value is -1.95. The molecule has 0 radical (unpaired) electrons. The summed E-state index contributed by atoms with van der Waals surface area (Å²) in [5.41, 5.74) is 0.719. The number of carbonyl (C=O) groups is 2. The summed E-state index contributed by atoms with van der Waals surface area (Å²) < 4.78 is 5.46. The number of amides is 1. The van der Waals surface area contributed by atoms with Gasteiger partial charge in [-0.2, -0.15) is 0 Å². The summed E-state index contributed by atoms with van der Waals surface area (Å²) in [6.07, 6.45) is 4.11. The first-order chi connectivity index (χ1) is 10.1. The molecule has 0 unspecified atom stereocenters. The van der Waals surface area contributed by atoms with Crippen molar-refractivity contribution < 1.29 is 19.4 Å². The minimum absolute atomic E-state index is 0.0301. The minimum atomic E-state index is -0.999. The molecule has 2 N–H and O–H groups in total. The average molecular weight is 292 g/mol. The number of hydrogen-bond donors (Lipinski definition) is 2. The number of aromatic nitrogens is 1. The SMILES string of the molecule is CCOC1CC(CC(=O)NCc2cc(C(=O)O)ccn2)C1. The zero-order chi connectivity index (χ0) is 15.2. The number of carbonyl (C=O) groups excluding carboxylic acids is 1. The molecule has 0 spiro atoms. The minimum Gasteiger partial charge on any atom is -0.478 e. The van der Waals surface area contributed by atoms with Crippen LogP contribution in [0.2, 0.25) is 0 Å². The molecule has 1 heterocycles. The molecule has 1 aliphatic carbocycles. The highest BCUT2D eigenvalue weighted by Gasteiger charge is 2.30. The molecule has 0 bridgehead atoms. The largest absolute Gasteiger partial charge is 0.478 e. The van der Waals surface area contributed by atoms with Crippen molar-refractivity contribution in [2.75, 3.05) is 6.61 Å². The van der Waals surface area contributed by atoms with Gasteiger partial charge in [0.1, 0.15) is 0 Å². The average Bonchev–Trinajstić information content (AvgIpc) is 2.43. The van der Waals surface area contributed by atoms with Crippen LogP contribution in [-0.2, 0) is 16.1 Å². The van der Waals surface area contributed by atoms with Crippen molar-refractivity contribution in [1.82, 2.24) is 10.3 Å². The van der Waals surface area contributed by atoms with Crippen molar-refractivity contribution in [3.05, 3.63) is 29.6 Å². The van der Waals surface area contributed by atoms with Gasteiger partial charge in [-0.05, 0) is 37.8 Å². The van der Waals surface area contributed by atoms with Gasteiger partial charge in [-0.1, -0.05) is 0 Å². The fraction of sp³-hybridized carbons (Fsp3) is 0.533. The van der Waals surface area contributed by atoms with Crippen molar-refractivity contribution in [2.24, 2.45) is 5.92 Å². The standard InChI is InChI=1S/C15H20N2O4/c1-2-21-13-5-10(6-13)7-14(18)17-9-12-8-11(15(19)20)3-4-16-12/h3-4,8,10,13H,2,5-7,9H2,1H3,(H,17,18)(H,19,20). The van der Waals surface area contributed by atoms with Crippen LogP contribution in [0.25, 0.3) is 0 Å². The lowest BCUT2D eigenvalue weighted by atomic mass is 9.80. The second kappa shape index (κ2) is 7.17. The summed E-state index contributed by atoms with van der Waals surface area (Å²) in [6.45, 7) is 2.94. The summed E-state index contributed by atoms with van der Waals surface area (Å²) in [5.74, 6) is -0.640. The quantitative estimate of drug-likeness (QED) is 0.797. The molecule has 2 rings (SSSR count). The number of ether oxygens (including phenoxy) is 1. The molecular weight excluding hydrogens is 272 g/mol. The molecule has 1 aromatic rings. The van der Waals surface area contributed by atoms with Crippen LogP contribution in [0.5, 0.6) is 0 Å². The first kappa shape index (κ1) is 15.4. The number of pyridine rings is 1. The number of carboxylic acid groups (broad SMARTS) is 1. The Morgan fingerprint density at radius 2 is 2.24 bits per heavy atom. The summed E-state index contributed by atoms with van der Waals surface area (Å²) in [4.78, 5) is 26.7. The number of carboxylic acids is 1. The Morgan fingerprint density at radius 3 is 2.90 bits per heavy atom. The lowest BCUT2D eigenvalue weighted by Crippen LogP contribution is -2.35. The summed E-state index contributed by atoms with van der Waals surface area (Å²) >= 11 is 0. The van der Waals surface area contributed by atoms with Crippen molar-refractivity contribution in [1.29, 1.82) is 0 Å². The van der Waals surface area contributed by atoms with E-state index in [9.17, 15) is 9.59 Å². The van der Waals surface area contributed by atoms with E-state index in [0.717, 1.165) is 19.4 Å². The van der Waals surface area contributed by atoms with Gasteiger partial charge in [-0.15, -0.1) is 0 Å². The first-order valence-corrected chi connectivity index (χ1v) is 7.15. The fourth-order valence-corrected chi connectivity index (χ4v) is 2.44. The second-order valence-corrected chi connectivity index (χ2v) is 5.24. The molecule has 6 heteroatoms. The highest BCUT2D eigenvalue weighted by Crippen LogP contribution is 2.32. The smallest absolute Gasteiger partial charge is 0.335 e. The fourth-order valence-electron chi connectivity index (χ4n) is 2.44. The number of rotatable bonds is 7. The second-order valence-electron chi connectivity index (χ2n) is 5.24. The van der Waals surface area contributed by atoms with Crippen LogP contribution in [0.4, 0.5) is 0 Å². The molecule has 0 saturated heterocycles. The molecule has 114 valence electrons. The predicted molar refractivity (Wildman–Crippen MR) is 75.8 cm³/mol. The van der Waals surface area contributed by atoms with Crippen LogP contribution in [0.3, 0.4) is 0 Å². The van der Waals surface area contributed by atoms with Gasteiger partial charge < -0.3 is 15.2 Å². The zero-order valence-corrected chi connectivity index (χ0v) is 12.0. The molecule has 1 saturated carbocycles. The topological polar surface area (TPSA) is 88.5 Å². The monoisotopic (exact) mass is 292 g/mol. The first-order valence-electron chi connectivity index (χ1n) is 7.15. The molecule has 0 aromatic carbocycles. The van der Waals surface area contributed by atoms with E-state index < -0.39 is 5.97 Å². The van der Waals surface area contributed by atoms with E-state index in [0.29, 0.717) is 24.1 Å². The Kier molecular flexibility index (Phi) is 5.27. The van der Waals surface area contributed by atoms with Gasteiger partial charge in [0.25, 0.3) is 0 Å². The summed E-state index contributed by atoms with van der Waals surface area (Å²) in [5, 5.41) is 11.7. The van der Waals surface area contributed by atoms with Crippen molar-refractivity contribution in [3.63, 3.8) is 0 Å². The van der Waals surface area contributed by atoms with E-state index in [1.165, 1.54) is 18.3 Å². The van der Waals surface area contributed by atoms with Crippen LogP contribution in [0.15, 0.2) is 18.3 Å². The van der Waals surface area contributed by atoms with E-state index in [-0.39, 0.29) is 18.0 Å². The molecule has 1 amide bonds. The molecule has 6 nitrogen and oxygen atoms in total. The Balaban J connectivity index is 1.72. The van der Waals surface area contributed by atoms with Gasteiger partial charge in [0.05, 0.1) is 23.9 Å². The van der Waals surface area contributed by atoms with Crippen LogP contribution >= 0.6 is 0 Å². The summed E-state index contributed by atoms with van der Waals surface area (Å²) in [6, 6.07) is 2.90. The molecule has 0 aliphatic heterocycles. The highest BCUT2D eigenvalue weighted by molar-refractivity contribution is 5.87. The number of nitrogens with zero attached hydrogens (tertiary/aromatic N) is 1. The van der Waals surface area contributed by atoms with E-state index in [4.69, 9.17) is 9.84 Å². The Labute approximate surface area is 123 Å². The van der Waals surface area contributed by atoms with E-state index >= 15 is 0 Å². The van der Waals surface area contributed by atoms with E-state index in [1.807, 2.05) is 6.92 Å². The van der Waals surface area contributed by atoms with Gasteiger partial charge in [0.2, 0.25) is 5.91 Å². The molecule has 0 atom stereocenters. The summed E-state index contributed by atoms with van der Waals surface area (Å²) in [7, 11) is 0. The van der Waals surface area contributed by atoms with Crippen molar-refractivity contribution in [2.45, 2.75) is 38.8 Å². The maximum atomic E-state index is 11.8. The number of hydrogen-bond acceptors (Lipinski definition) is 4. The lowest BCUT2D eigenvalue weighted by Gasteiger charge is -2.34. The predicted octanol–water partition coefficient (Wildman–Crippen LogP) is 1.60. The van der Waals surface area contributed by atoms with Crippen LogP contribution < -0.4 is 5.32 Å². The highest BCUT2D eigenvalue weighted by atomic mass is 16.5. The number of nitrogens with one attached hydrogen (secondary N) is 1.